The molecule has 0 N–H and O–H groups in total. The van der Waals surface area contributed by atoms with E-state index in [1.807, 2.05) is 48.7 Å². The highest BCUT2D eigenvalue weighted by atomic mass is 79.9. The highest BCUT2D eigenvalue weighted by Gasteiger charge is 2.05. The van der Waals surface area contributed by atoms with Crippen molar-refractivity contribution in [2.24, 2.45) is 0 Å². The topological polar surface area (TPSA) is 9.23 Å². The molecule has 0 saturated carbocycles. The summed E-state index contributed by atoms with van der Waals surface area (Å²) in [6.45, 7) is 0. The number of thioether (sulfide) groups is 1. The largest absolute Gasteiger partial charge is 0.456 e. The quantitative estimate of drug-likeness (QED) is 0.516. The first-order chi connectivity index (χ1) is 8.74. The van der Waals surface area contributed by atoms with Crippen molar-refractivity contribution in [3.63, 3.8) is 0 Å². The molecule has 0 aliphatic heterocycles. The highest BCUT2D eigenvalue weighted by Crippen LogP contribution is 2.33. The van der Waals surface area contributed by atoms with Crippen LogP contribution in [0.15, 0.2) is 47.4 Å². The Balaban J connectivity index is 2.26. The normalized spacial score (nSPS) is 10.4. The van der Waals surface area contributed by atoms with Crippen molar-refractivity contribution in [3.05, 3.63) is 53.1 Å². The van der Waals surface area contributed by atoms with Crippen LogP contribution >= 0.6 is 39.3 Å². The third kappa shape index (κ3) is 3.22. The van der Waals surface area contributed by atoms with Gasteiger partial charge in [-0.15, -0.1) is 11.8 Å². The number of para-hydroxylation sites is 1. The van der Waals surface area contributed by atoms with Gasteiger partial charge in [-0.1, -0.05) is 45.7 Å². The molecule has 0 bridgehead atoms. The molecular weight excluding hydrogens is 332 g/mol. The Morgan fingerprint density at radius 2 is 2.00 bits per heavy atom. The van der Waals surface area contributed by atoms with Crippen molar-refractivity contribution >= 4 is 39.3 Å². The van der Waals surface area contributed by atoms with E-state index in [1.165, 1.54) is 0 Å². The number of hydrogen-bond acceptors (Lipinski definition) is 2. The predicted octanol–water partition coefficient (Wildman–Crippen LogP) is 5.75. The second-order valence-corrected chi connectivity index (χ2v) is 5.46. The molecule has 0 spiro atoms. The van der Waals surface area contributed by atoms with E-state index in [0.717, 1.165) is 27.3 Å². The van der Waals surface area contributed by atoms with E-state index < -0.39 is 0 Å². The van der Waals surface area contributed by atoms with Gasteiger partial charge in [0.15, 0.2) is 0 Å². The summed E-state index contributed by atoms with van der Waals surface area (Å²) in [5, 5.41) is 1.46. The van der Waals surface area contributed by atoms with E-state index in [1.54, 1.807) is 11.8 Å². The van der Waals surface area contributed by atoms with Crippen LogP contribution < -0.4 is 4.74 Å². The van der Waals surface area contributed by atoms with Crippen LogP contribution in [-0.4, -0.2) is 6.26 Å². The second-order valence-electron chi connectivity index (χ2n) is 3.64. The molecule has 94 valence electrons. The minimum absolute atomic E-state index is 0.714. The number of benzene rings is 2. The van der Waals surface area contributed by atoms with E-state index in [2.05, 4.69) is 15.9 Å². The summed E-state index contributed by atoms with van der Waals surface area (Å²) in [5.41, 5.74) is 1.06. The molecule has 2 rings (SSSR count). The minimum atomic E-state index is 0.714. The van der Waals surface area contributed by atoms with E-state index in [-0.39, 0.29) is 0 Å². The first-order valence-electron chi connectivity index (χ1n) is 5.40. The van der Waals surface area contributed by atoms with Crippen LogP contribution in [0.3, 0.4) is 0 Å². The molecule has 0 fully saturated rings. The average Bonchev–Trinajstić information content (AvgIpc) is 2.39. The average molecular weight is 344 g/mol. The first kappa shape index (κ1) is 13.8. The molecule has 0 unspecified atom stereocenters. The second kappa shape index (κ2) is 6.50. The van der Waals surface area contributed by atoms with Gasteiger partial charge in [-0.05, 0) is 36.1 Å². The van der Waals surface area contributed by atoms with Crippen molar-refractivity contribution in [2.45, 2.75) is 10.2 Å². The van der Waals surface area contributed by atoms with Crippen LogP contribution in [-0.2, 0) is 5.33 Å². The van der Waals surface area contributed by atoms with Gasteiger partial charge in [0, 0.05) is 15.2 Å². The fraction of sp³-hybridized carbons (Fsp3) is 0.143. The molecule has 4 heteroatoms. The Labute approximate surface area is 125 Å². The van der Waals surface area contributed by atoms with E-state index >= 15 is 0 Å². The van der Waals surface area contributed by atoms with Gasteiger partial charge in [0.2, 0.25) is 0 Å². The Kier molecular flexibility index (Phi) is 4.98. The highest BCUT2D eigenvalue weighted by molar-refractivity contribution is 9.08. The summed E-state index contributed by atoms with van der Waals surface area (Å²) >= 11 is 11.2. The fourth-order valence-electron chi connectivity index (χ4n) is 1.53. The maximum atomic E-state index is 6.15. The molecule has 2 aromatic rings. The smallest absolute Gasteiger partial charge is 0.140 e. The minimum Gasteiger partial charge on any atom is -0.456 e. The molecule has 0 atom stereocenters. The van der Waals surface area contributed by atoms with E-state index in [4.69, 9.17) is 16.3 Å². The maximum absolute atomic E-state index is 6.15. The maximum Gasteiger partial charge on any atom is 0.140 e. The number of ether oxygens (including phenoxy) is 1. The third-order valence-corrected chi connectivity index (χ3v) is 4.20. The zero-order valence-corrected chi connectivity index (χ0v) is 13.0. The summed E-state index contributed by atoms with van der Waals surface area (Å²) in [5.74, 6) is 1.61. The Morgan fingerprint density at radius 1 is 1.22 bits per heavy atom. The summed E-state index contributed by atoms with van der Waals surface area (Å²) in [6.07, 6.45) is 2.03. The number of halogens is 2. The van der Waals surface area contributed by atoms with Crippen molar-refractivity contribution < 1.29 is 4.74 Å². The molecule has 0 amide bonds. The predicted molar refractivity (Wildman–Crippen MR) is 82.4 cm³/mol. The lowest BCUT2D eigenvalue weighted by atomic mass is 10.2. The molecule has 2 aromatic carbocycles. The Morgan fingerprint density at radius 3 is 2.67 bits per heavy atom. The Hall–Kier alpha value is -0.640. The number of alkyl halides is 1. The molecule has 0 saturated heterocycles. The van der Waals surface area contributed by atoms with Crippen molar-refractivity contribution in [2.75, 3.05) is 6.26 Å². The lowest BCUT2D eigenvalue weighted by molar-refractivity contribution is 0.471. The van der Waals surface area contributed by atoms with Gasteiger partial charge in [0.1, 0.15) is 11.5 Å². The summed E-state index contributed by atoms with van der Waals surface area (Å²) in [7, 11) is 0. The molecule has 0 heterocycles. The standard InChI is InChI=1S/C14H12BrClOS/c1-18-14-5-3-2-4-13(14)17-11-7-6-10(9-15)12(16)8-11/h2-8H,9H2,1H3. The van der Waals surface area contributed by atoms with Crippen LogP contribution in [0.2, 0.25) is 5.02 Å². The molecule has 18 heavy (non-hydrogen) atoms. The van der Waals surface area contributed by atoms with Gasteiger partial charge in [-0.2, -0.15) is 0 Å². The monoisotopic (exact) mass is 342 g/mol. The summed E-state index contributed by atoms with van der Waals surface area (Å²) in [6, 6.07) is 13.7. The lowest BCUT2D eigenvalue weighted by Crippen LogP contribution is -1.88. The summed E-state index contributed by atoms with van der Waals surface area (Å²) < 4.78 is 5.86. The first-order valence-corrected chi connectivity index (χ1v) is 8.12. The van der Waals surface area contributed by atoms with Gasteiger partial charge >= 0.3 is 0 Å². The van der Waals surface area contributed by atoms with Crippen LogP contribution in [0, 0.1) is 0 Å². The zero-order chi connectivity index (χ0) is 13.0. The van der Waals surface area contributed by atoms with Crippen LogP contribution in [0.25, 0.3) is 0 Å². The molecule has 0 aromatic heterocycles. The third-order valence-electron chi connectivity index (χ3n) is 2.47. The fourth-order valence-corrected chi connectivity index (χ4v) is 2.94. The number of rotatable bonds is 4. The van der Waals surface area contributed by atoms with Crippen molar-refractivity contribution in [1.29, 1.82) is 0 Å². The summed E-state index contributed by atoms with van der Waals surface area (Å²) in [4.78, 5) is 1.11. The lowest BCUT2D eigenvalue weighted by Gasteiger charge is -2.10. The van der Waals surface area contributed by atoms with Gasteiger partial charge in [-0.25, -0.2) is 0 Å². The molecule has 0 aliphatic rings. The van der Waals surface area contributed by atoms with Crippen LogP contribution in [0.5, 0.6) is 11.5 Å². The Bertz CT molecular complexity index is 545. The van der Waals surface area contributed by atoms with Gasteiger partial charge in [0.25, 0.3) is 0 Å². The van der Waals surface area contributed by atoms with Crippen LogP contribution in [0.1, 0.15) is 5.56 Å². The van der Waals surface area contributed by atoms with E-state index in [9.17, 15) is 0 Å². The SMILES string of the molecule is CSc1ccccc1Oc1ccc(CBr)c(Cl)c1. The van der Waals surface area contributed by atoms with Crippen LogP contribution in [0.4, 0.5) is 0 Å². The van der Waals surface area contributed by atoms with Crippen molar-refractivity contribution in [1.82, 2.24) is 0 Å². The van der Waals surface area contributed by atoms with Gasteiger partial charge in [0.05, 0.1) is 0 Å². The number of hydrogen-bond donors (Lipinski definition) is 0. The zero-order valence-electron chi connectivity index (χ0n) is 9.82. The van der Waals surface area contributed by atoms with Gasteiger partial charge in [-0.3, -0.25) is 0 Å². The van der Waals surface area contributed by atoms with E-state index in [0.29, 0.717) is 5.02 Å². The molecule has 1 nitrogen and oxygen atoms in total. The molecule has 0 radical (unpaired) electrons. The molecule has 0 aliphatic carbocycles. The van der Waals surface area contributed by atoms with Crippen molar-refractivity contribution in [3.8, 4) is 11.5 Å². The molecular formula is C14H12BrClOS. The van der Waals surface area contributed by atoms with Gasteiger partial charge < -0.3 is 4.74 Å².